The third-order valence-corrected chi connectivity index (χ3v) is 1.84. The third-order valence-electron chi connectivity index (χ3n) is 1.65. The normalized spacial score (nSPS) is 10.8. The Kier molecular flexibility index (Phi) is 2.00. The fourth-order valence-electron chi connectivity index (χ4n) is 1.11. The maximum Gasteiger partial charge on any atom is 0.196 e. The van der Waals surface area contributed by atoms with Crippen molar-refractivity contribution >= 4 is 22.7 Å². The van der Waals surface area contributed by atoms with Crippen LogP contribution in [0.1, 0.15) is 5.89 Å². The number of oxazole rings is 1. The van der Waals surface area contributed by atoms with Gasteiger partial charge in [0.25, 0.3) is 0 Å². The Balaban J connectivity index is 2.47. The summed E-state index contributed by atoms with van der Waals surface area (Å²) in [6.45, 7) is 0. The Morgan fingerprint density at radius 1 is 1.33 bits per heavy atom. The topological polar surface area (TPSA) is 26.0 Å². The summed E-state index contributed by atoms with van der Waals surface area (Å²) in [4.78, 5) is 4.25. The summed E-state index contributed by atoms with van der Waals surface area (Å²) in [7, 11) is 0. The maximum absolute atomic E-state index is 5.56. The highest BCUT2D eigenvalue weighted by atomic mass is 35.5. The lowest BCUT2D eigenvalue weighted by Gasteiger charge is -1.83. The van der Waals surface area contributed by atoms with Gasteiger partial charge in [-0.2, -0.15) is 0 Å². The molecule has 0 aliphatic carbocycles. The van der Waals surface area contributed by atoms with Crippen LogP contribution in [0.3, 0.4) is 0 Å². The first kappa shape index (κ1) is 7.62. The molecule has 0 bridgehead atoms. The van der Waals surface area contributed by atoms with Gasteiger partial charge in [-0.3, -0.25) is 0 Å². The van der Waals surface area contributed by atoms with E-state index in [1.165, 1.54) is 0 Å². The van der Waals surface area contributed by atoms with E-state index in [1.54, 1.807) is 0 Å². The summed E-state index contributed by atoms with van der Waals surface area (Å²) in [5.41, 5.74) is 1.73. The van der Waals surface area contributed by atoms with E-state index in [0.717, 1.165) is 11.1 Å². The molecule has 0 saturated heterocycles. The van der Waals surface area contributed by atoms with Crippen molar-refractivity contribution in [1.82, 2.24) is 4.98 Å². The van der Waals surface area contributed by atoms with Crippen molar-refractivity contribution in [3.8, 4) is 0 Å². The predicted molar refractivity (Wildman–Crippen MR) is 48.4 cm³/mol. The van der Waals surface area contributed by atoms with E-state index in [-0.39, 0.29) is 0 Å². The molecule has 12 heavy (non-hydrogen) atoms. The van der Waals surface area contributed by atoms with Crippen LogP contribution in [-0.2, 0) is 6.42 Å². The van der Waals surface area contributed by atoms with Gasteiger partial charge in [-0.05, 0) is 12.1 Å². The minimum absolute atomic E-state index is 0.548. The molecule has 0 atom stereocenters. The molecule has 1 heterocycles. The Labute approximate surface area is 75.2 Å². The highest BCUT2D eigenvalue weighted by molar-refractivity contribution is 6.17. The van der Waals surface area contributed by atoms with Gasteiger partial charge in [0.2, 0.25) is 0 Å². The summed E-state index contributed by atoms with van der Waals surface area (Å²) >= 11 is 5.56. The predicted octanol–water partition coefficient (Wildman–Crippen LogP) is 2.61. The van der Waals surface area contributed by atoms with Gasteiger partial charge in [0.1, 0.15) is 5.52 Å². The number of nitrogens with zero attached hydrogens (tertiary/aromatic N) is 1. The number of aryl methyl sites for hydroxylation is 1. The fourth-order valence-corrected chi connectivity index (χ4v) is 1.27. The monoisotopic (exact) mass is 181 g/mol. The van der Waals surface area contributed by atoms with Crippen LogP contribution in [0.4, 0.5) is 0 Å². The average molecular weight is 182 g/mol. The number of alkyl halides is 1. The molecule has 0 radical (unpaired) electrons. The van der Waals surface area contributed by atoms with Crippen LogP contribution in [0.2, 0.25) is 0 Å². The van der Waals surface area contributed by atoms with Gasteiger partial charge < -0.3 is 4.42 Å². The molecular weight excluding hydrogens is 174 g/mol. The molecule has 0 amide bonds. The lowest BCUT2D eigenvalue weighted by molar-refractivity contribution is 0.539. The molecule has 2 aromatic rings. The molecule has 62 valence electrons. The van der Waals surface area contributed by atoms with Crippen molar-refractivity contribution in [2.45, 2.75) is 6.42 Å². The second-order valence-electron chi connectivity index (χ2n) is 2.51. The first-order valence-corrected chi connectivity index (χ1v) is 4.34. The molecule has 0 spiro atoms. The Bertz CT molecular complexity index is 350. The first-order valence-electron chi connectivity index (χ1n) is 3.80. The van der Waals surface area contributed by atoms with Crippen LogP contribution in [0, 0.1) is 0 Å². The number of hydrogen-bond acceptors (Lipinski definition) is 2. The van der Waals surface area contributed by atoms with Crippen molar-refractivity contribution in [3.63, 3.8) is 0 Å². The number of hydrogen-bond donors (Lipinski definition) is 0. The van der Waals surface area contributed by atoms with Crippen molar-refractivity contribution in [1.29, 1.82) is 0 Å². The van der Waals surface area contributed by atoms with Crippen LogP contribution in [0.15, 0.2) is 28.7 Å². The van der Waals surface area contributed by atoms with E-state index in [2.05, 4.69) is 4.98 Å². The quantitative estimate of drug-likeness (QED) is 0.666. The lowest BCUT2D eigenvalue weighted by Crippen LogP contribution is -1.83. The molecule has 2 rings (SSSR count). The molecule has 0 unspecified atom stereocenters. The van der Waals surface area contributed by atoms with Crippen LogP contribution < -0.4 is 0 Å². The van der Waals surface area contributed by atoms with Crippen molar-refractivity contribution < 1.29 is 4.42 Å². The van der Waals surface area contributed by atoms with Gasteiger partial charge in [0, 0.05) is 12.3 Å². The summed E-state index contributed by atoms with van der Waals surface area (Å²) in [6.07, 6.45) is 0.691. The summed E-state index contributed by atoms with van der Waals surface area (Å²) in [5.74, 6) is 1.26. The van der Waals surface area contributed by atoms with Gasteiger partial charge in [-0.1, -0.05) is 12.1 Å². The van der Waals surface area contributed by atoms with E-state index in [0.29, 0.717) is 18.2 Å². The van der Waals surface area contributed by atoms with Gasteiger partial charge in [0.15, 0.2) is 11.5 Å². The molecule has 2 nitrogen and oxygen atoms in total. The van der Waals surface area contributed by atoms with Crippen LogP contribution in [-0.4, -0.2) is 10.9 Å². The van der Waals surface area contributed by atoms with E-state index < -0.39 is 0 Å². The van der Waals surface area contributed by atoms with E-state index in [9.17, 15) is 0 Å². The number of fused-ring (bicyclic) bond motifs is 1. The zero-order chi connectivity index (χ0) is 8.39. The number of benzene rings is 1. The Hall–Kier alpha value is -1.02. The molecule has 0 fully saturated rings. The van der Waals surface area contributed by atoms with Gasteiger partial charge >= 0.3 is 0 Å². The molecule has 1 aromatic heterocycles. The average Bonchev–Trinajstić information content (AvgIpc) is 2.47. The lowest BCUT2D eigenvalue weighted by atomic mass is 10.3. The first-order chi connectivity index (χ1) is 5.90. The van der Waals surface area contributed by atoms with E-state index in [1.807, 2.05) is 24.3 Å². The molecule has 3 heteroatoms. The van der Waals surface area contributed by atoms with Crippen LogP contribution in [0.5, 0.6) is 0 Å². The zero-order valence-electron chi connectivity index (χ0n) is 6.46. The standard InChI is InChI=1S/C9H8ClNO/c10-6-5-9-11-7-3-1-2-4-8(7)12-9/h1-4H,5-6H2. The van der Waals surface area contributed by atoms with E-state index in [4.69, 9.17) is 16.0 Å². The molecule has 1 aromatic carbocycles. The van der Waals surface area contributed by atoms with Crippen molar-refractivity contribution in [2.24, 2.45) is 0 Å². The summed E-state index contributed by atoms with van der Waals surface area (Å²) in [6, 6.07) is 7.70. The minimum atomic E-state index is 0.548. The minimum Gasteiger partial charge on any atom is -0.441 e. The maximum atomic E-state index is 5.56. The number of halogens is 1. The van der Waals surface area contributed by atoms with Gasteiger partial charge in [-0.25, -0.2) is 4.98 Å². The number of rotatable bonds is 2. The van der Waals surface area contributed by atoms with Crippen LogP contribution in [0.25, 0.3) is 11.1 Å². The summed E-state index contributed by atoms with van der Waals surface area (Å²) < 4.78 is 5.41. The second-order valence-corrected chi connectivity index (χ2v) is 2.89. The van der Waals surface area contributed by atoms with Crippen molar-refractivity contribution in [3.05, 3.63) is 30.2 Å². The molecule has 0 N–H and O–H groups in total. The highest BCUT2D eigenvalue weighted by Gasteiger charge is 2.02. The largest absolute Gasteiger partial charge is 0.441 e. The molecular formula is C9H8ClNO. The molecule has 0 saturated carbocycles. The highest BCUT2D eigenvalue weighted by Crippen LogP contribution is 2.14. The van der Waals surface area contributed by atoms with Gasteiger partial charge in [0.05, 0.1) is 0 Å². The molecule has 0 aliphatic heterocycles. The Morgan fingerprint density at radius 2 is 2.17 bits per heavy atom. The van der Waals surface area contributed by atoms with E-state index >= 15 is 0 Å². The SMILES string of the molecule is ClCCc1nc2ccccc2o1. The smallest absolute Gasteiger partial charge is 0.196 e. The number of para-hydroxylation sites is 2. The zero-order valence-corrected chi connectivity index (χ0v) is 7.21. The second kappa shape index (κ2) is 3.15. The Morgan fingerprint density at radius 3 is 2.92 bits per heavy atom. The summed E-state index contributed by atoms with van der Waals surface area (Å²) in [5, 5.41) is 0. The fraction of sp³-hybridized carbons (Fsp3) is 0.222. The van der Waals surface area contributed by atoms with Gasteiger partial charge in [-0.15, -0.1) is 11.6 Å². The number of aromatic nitrogens is 1. The van der Waals surface area contributed by atoms with Crippen LogP contribution >= 0.6 is 11.6 Å². The molecule has 0 aliphatic rings. The van der Waals surface area contributed by atoms with Crippen molar-refractivity contribution in [2.75, 3.05) is 5.88 Å². The third kappa shape index (κ3) is 1.30.